The molecule has 0 heterocycles. The van der Waals surface area contributed by atoms with Gasteiger partial charge in [0.25, 0.3) is 0 Å². The Labute approximate surface area is 176 Å². The first-order valence-corrected chi connectivity index (χ1v) is 13.0. The smallest absolute Gasteiger partial charge is 0.00815 e. The van der Waals surface area contributed by atoms with Crippen LogP contribution < -0.4 is 0 Å². The lowest BCUT2D eigenvalue weighted by Gasteiger charge is -2.60. The molecule has 0 aromatic heterocycles. The van der Waals surface area contributed by atoms with Crippen LogP contribution in [0.4, 0.5) is 0 Å². The van der Waals surface area contributed by atoms with E-state index in [0.717, 1.165) is 47.3 Å². The highest BCUT2D eigenvalue weighted by molar-refractivity contribution is 5.20. The molecule has 4 rings (SSSR count). The second-order valence-corrected chi connectivity index (χ2v) is 12.6. The molecule has 0 unspecified atom stereocenters. The van der Waals surface area contributed by atoms with E-state index >= 15 is 0 Å². The molecular weight excluding hydrogens is 336 g/mol. The first kappa shape index (κ1) is 21.0. The first-order chi connectivity index (χ1) is 13.3. The van der Waals surface area contributed by atoms with Crippen molar-refractivity contribution in [3.05, 3.63) is 12.2 Å². The average molecular weight is 385 g/mol. The molecule has 28 heavy (non-hydrogen) atoms. The van der Waals surface area contributed by atoms with Gasteiger partial charge in [-0.1, -0.05) is 73.0 Å². The third-order valence-corrected chi connectivity index (χ3v) is 10.9. The summed E-state index contributed by atoms with van der Waals surface area (Å²) < 4.78 is 0. The predicted octanol–water partition coefficient (Wildman–Crippen LogP) is 8.52. The molecule has 0 aromatic rings. The molecule has 0 aliphatic heterocycles. The summed E-state index contributed by atoms with van der Waals surface area (Å²) in [4.78, 5) is 0. The van der Waals surface area contributed by atoms with Gasteiger partial charge in [0.15, 0.2) is 0 Å². The zero-order chi connectivity index (χ0) is 20.1. The molecule has 0 bridgehead atoms. The van der Waals surface area contributed by atoms with Crippen molar-refractivity contribution >= 4 is 0 Å². The fourth-order valence-electron chi connectivity index (χ4n) is 8.53. The monoisotopic (exact) mass is 384 g/mol. The summed E-state index contributed by atoms with van der Waals surface area (Å²) in [5.41, 5.74) is 1.19. The Morgan fingerprint density at radius 1 is 0.821 bits per heavy atom. The van der Waals surface area contributed by atoms with Crippen LogP contribution in [0.15, 0.2) is 12.2 Å². The lowest BCUT2D eigenvalue weighted by atomic mass is 9.45. The molecule has 0 amide bonds. The van der Waals surface area contributed by atoms with E-state index in [9.17, 15) is 0 Å². The Morgan fingerprint density at radius 2 is 1.61 bits per heavy atom. The van der Waals surface area contributed by atoms with Gasteiger partial charge < -0.3 is 0 Å². The second kappa shape index (κ2) is 7.77. The molecule has 4 aliphatic carbocycles. The maximum atomic E-state index is 2.74. The predicted molar refractivity (Wildman–Crippen MR) is 122 cm³/mol. The van der Waals surface area contributed by atoms with Crippen molar-refractivity contribution in [2.24, 2.45) is 58.2 Å². The number of fused-ring (bicyclic) bond motifs is 5. The van der Waals surface area contributed by atoms with E-state index in [1.807, 2.05) is 0 Å². The lowest BCUT2D eigenvalue weighted by Crippen LogP contribution is -2.52. The van der Waals surface area contributed by atoms with E-state index in [1.165, 1.54) is 57.8 Å². The van der Waals surface area contributed by atoms with E-state index in [2.05, 4.69) is 53.7 Å². The van der Waals surface area contributed by atoms with Crippen molar-refractivity contribution < 1.29 is 0 Å². The Balaban J connectivity index is 1.46. The van der Waals surface area contributed by atoms with Crippen molar-refractivity contribution in [3.63, 3.8) is 0 Å². The van der Waals surface area contributed by atoms with Crippen molar-refractivity contribution in [2.75, 3.05) is 0 Å². The van der Waals surface area contributed by atoms with Gasteiger partial charge in [-0.25, -0.2) is 0 Å². The topological polar surface area (TPSA) is 0 Å². The van der Waals surface area contributed by atoms with Crippen molar-refractivity contribution in [1.29, 1.82) is 0 Å². The molecular formula is C28H48. The minimum Gasteiger partial charge on any atom is -0.0843 e. The maximum Gasteiger partial charge on any atom is -0.00815 e. The van der Waals surface area contributed by atoms with Gasteiger partial charge in [-0.05, 0) is 103 Å². The molecule has 9 atom stereocenters. The molecule has 0 aromatic carbocycles. The van der Waals surface area contributed by atoms with Crippen molar-refractivity contribution in [3.8, 4) is 0 Å². The molecule has 3 saturated carbocycles. The summed E-state index contributed by atoms with van der Waals surface area (Å²) in [6, 6.07) is 0. The first-order valence-electron chi connectivity index (χ1n) is 13.0. The fraction of sp³-hybridized carbons (Fsp3) is 0.929. The fourth-order valence-corrected chi connectivity index (χ4v) is 8.53. The Kier molecular flexibility index (Phi) is 5.83. The Bertz CT molecular complexity index is 573. The van der Waals surface area contributed by atoms with Crippen LogP contribution in [0.1, 0.15) is 106 Å². The molecule has 160 valence electrons. The standard InChI is InChI=1S/C28H48/c1-19(2)20(3)10-11-21(4)22-14-18-28(6)25(22)13-12-23-24-9-7-8-16-27(24,5)17-15-26(23)28/h14,18-26H,7-13,15-17H2,1-6H3/t20-,21+,22-,23+,24+,25-,26+,27+,28+/m1/s1. The summed E-state index contributed by atoms with van der Waals surface area (Å²) in [5.74, 6) is 7.40. The molecule has 3 fully saturated rings. The maximum absolute atomic E-state index is 2.74. The highest BCUT2D eigenvalue weighted by Crippen LogP contribution is 2.66. The third kappa shape index (κ3) is 3.43. The zero-order valence-electron chi connectivity index (χ0n) is 19.8. The summed E-state index contributed by atoms with van der Waals surface area (Å²) in [5, 5.41) is 0. The Morgan fingerprint density at radius 3 is 2.36 bits per heavy atom. The molecule has 0 N–H and O–H groups in total. The molecule has 0 heteroatoms. The van der Waals surface area contributed by atoms with Crippen LogP contribution in [0, 0.1) is 58.2 Å². The number of hydrogen-bond acceptors (Lipinski definition) is 0. The Hall–Kier alpha value is -0.260. The second-order valence-electron chi connectivity index (χ2n) is 12.6. The van der Waals surface area contributed by atoms with E-state index in [4.69, 9.17) is 0 Å². The van der Waals surface area contributed by atoms with Gasteiger partial charge in [0.1, 0.15) is 0 Å². The van der Waals surface area contributed by atoms with Gasteiger partial charge in [-0.15, -0.1) is 0 Å². The van der Waals surface area contributed by atoms with Gasteiger partial charge in [-0.2, -0.15) is 0 Å². The average Bonchev–Trinajstić information content (AvgIpc) is 3.02. The summed E-state index contributed by atoms with van der Waals surface area (Å²) >= 11 is 0. The highest BCUT2D eigenvalue weighted by Gasteiger charge is 2.58. The van der Waals surface area contributed by atoms with E-state index in [-0.39, 0.29) is 0 Å². The van der Waals surface area contributed by atoms with Crippen LogP contribution in [0.5, 0.6) is 0 Å². The molecule has 0 nitrogen and oxygen atoms in total. The van der Waals surface area contributed by atoms with Gasteiger partial charge in [0.05, 0.1) is 0 Å². The van der Waals surface area contributed by atoms with Crippen LogP contribution >= 0.6 is 0 Å². The van der Waals surface area contributed by atoms with Crippen LogP contribution in [-0.4, -0.2) is 0 Å². The molecule has 0 spiro atoms. The van der Waals surface area contributed by atoms with E-state index < -0.39 is 0 Å². The van der Waals surface area contributed by atoms with Crippen molar-refractivity contribution in [2.45, 2.75) is 106 Å². The minimum atomic E-state index is 0.504. The van der Waals surface area contributed by atoms with Crippen LogP contribution in [-0.2, 0) is 0 Å². The van der Waals surface area contributed by atoms with Crippen molar-refractivity contribution in [1.82, 2.24) is 0 Å². The van der Waals surface area contributed by atoms with Crippen LogP contribution in [0.25, 0.3) is 0 Å². The van der Waals surface area contributed by atoms with Gasteiger partial charge in [-0.3, -0.25) is 0 Å². The summed E-state index contributed by atoms with van der Waals surface area (Å²) in [7, 11) is 0. The normalized spacial score (nSPS) is 47.3. The van der Waals surface area contributed by atoms with Crippen LogP contribution in [0.2, 0.25) is 0 Å². The van der Waals surface area contributed by atoms with Gasteiger partial charge in [0, 0.05) is 0 Å². The van der Waals surface area contributed by atoms with Gasteiger partial charge >= 0.3 is 0 Å². The highest BCUT2D eigenvalue weighted by atomic mass is 14.6. The minimum absolute atomic E-state index is 0.504. The number of hydrogen-bond donors (Lipinski definition) is 0. The third-order valence-electron chi connectivity index (χ3n) is 10.9. The lowest BCUT2D eigenvalue weighted by molar-refractivity contribution is -0.0976. The molecule has 4 aliphatic rings. The van der Waals surface area contributed by atoms with Crippen LogP contribution in [0.3, 0.4) is 0 Å². The SMILES string of the molecule is CC(C)[C@H](C)CC[C@H](C)[C@H]1C=C[C@@]2(C)[C@@H]1CC[C@H]1[C@@H]3CCCC[C@@]3(C)CC[C@@H]12. The van der Waals surface area contributed by atoms with E-state index in [0.29, 0.717) is 10.8 Å². The summed E-state index contributed by atoms with van der Waals surface area (Å²) in [6.07, 6.45) is 20.4. The quantitative estimate of drug-likeness (QED) is 0.417. The largest absolute Gasteiger partial charge is 0.0843 e. The summed E-state index contributed by atoms with van der Waals surface area (Å²) in [6.45, 7) is 15.2. The molecule has 0 radical (unpaired) electrons. The molecule has 0 saturated heterocycles. The van der Waals surface area contributed by atoms with Gasteiger partial charge in [0.2, 0.25) is 0 Å². The number of rotatable bonds is 5. The van der Waals surface area contributed by atoms with E-state index in [1.54, 1.807) is 6.42 Å². The number of allylic oxidation sites excluding steroid dienone is 2. The zero-order valence-corrected chi connectivity index (χ0v) is 19.8.